The van der Waals surface area contributed by atoms with Gasteiger partial charge in [0.1, 0.15) is 0 Å². The topological polar surface area (TPSA) is 3.24 Å². The van der Waals surface area contributed by atoms with Crippen LogP contribution in [-0.2, 0) is 0 Å². The summed E-state index contributed by atoms with van der Waals surface area (Å²) < 4.78 is 0. The third kappa shape index (κ3) is 6.44. The zero-order chi connectivity index (χ0) is 11.0. The van der Waals surface area contributed by atoms with Gasteiger partial charge in [-0.2, -0.15) is 0 Å². The van der Waals surface area contributed by atoms with Crippen LogP contribution in [0.1, 0.15) is 12.5 Å². The molecule has 0 aliphatic carbocycles. The van der Waals surface area contributed by atoms with E-state index in [-0.39, 0.29) is 0 Å². The smallest absolute Gasteiger partial charge is 0.0241 e. The summed E-state index contributed by atoms with van der Waals surface area (Å²) in [6, 6.07) is 10.8. The maximum Gasteiger partial charge on any atom is 0.0241 e. The van der Waals surface area contributed by atoms with Gasteiger partial charge in [-0.15, -0.1) is 6.58 Å². The summed E-state index contributed by atoms with van der Waals surface area (Å²) in [7, 11) is 4.07. The van der Waals surface area contributed by atoms with Gasteiger partial charge in [-0.25, -0.2) is 0 Å². The molecule has 0 aromatic heterocycles. The second-order valence-electron chi connectivity index (χ2n) is 3.59. The molecule has 0 N–H and O–H groups in total. The molecule has 1 heteroatoms. The van der Waals surface area contributed by atoms with E-state index in [1.54, 1.807) is 0 Å². The summed E-state index contributed by atoms with van der Waals surface area (Å²) in [5.74, 6) is 0. The Balaban J connectivity index is 0.000000241. The van der Waals surface area contributed by atoms with Crippen molar-refractivity contribution >= 4 is 0 Å². The molecule has 0 aliphatic heterocycles. The Hall–Kier alpha value is -1.08. The summed E-state index contributed by atoms with van der Waals surface area (Å²) in [5, 5.41) is 0. The summed E-state index contributed by atoms with van der Waals surface area (Å²) >= 11 is 0. The molecule has 0 radical (unpaired) electrons. The first kappa shape index (κ1) is 12.9. The Bertz CT molecular complexity index is 239. The van der Waals surface area contributed by atoms with E-state index in [0.717, 1.165) is 0 Å². The van der Waals surface area contributed by atoms with Crippen LogP contribution in [0.15, 0.2) is 43.0 Å². The van der Waals surface area contributed by atoms with Crippen LogP contribution < -0.4 is 0 Å². The summed E-state index contributed by atoms with van der Waals surface area (Å²) in [6.45, 7) is 7.83. The molecular weight excluding hydrogens is 170 g/mol. The lowest BCUT2D eigenvalue weighted by Crippen LogP contribution is -2.21. The van der Waals surface area contributed by atoms with Crippen LogP contribution in [0.5, 0.6) is 0 Å². The van der Waals surface area contributed by atoms with Crippen LogP contribution in [0.2, 0.25) is 0 Å². The fourth-order valence-electron chi connectivity index (χ4n) is 0.745. The SMILES string of the molecule is C=CC(C)N(C)C.Cc1ccccc1. The first-order chi connectivity index (χ1) is 6.57. The van der Waals surface area contributed by atoms with Crippen molar-refractivity contribution in [3.8, 4) is 0 Å². The van der Waals surface area contributed by atoms with Gasteiger partial charge in [-0.1, -0.05) is 42.0 Å². The van der Waals surface area contributed by atoms with Crippen molar-refractivity contribution in [3.05, 3.63) is 48.6 Å². The molecule has 0 heterocycles. The molecule has 14 heavy (non-hydrogen) atoms. The standard InChI is InChI=1S/C7H8.C6H13N/c1-7-5-3-2-4-6-7;1-5-6(2)7(3)4/h2-6H,1H3;5-6H,1H2,2-4H3. The van der Waals surface area contributed by atoms with Gasteiger partial charge >= 0.3 is 0 Å². The molecule has 1 unspecified atom stereocenters. The maximum atomic E-state index is 3.64. The molecule has 0 amide bonds. The Morgan fingerprint density at radius 1 is 1.21 bits per heavy atom. The highest BCUT2D eigenvalue weighted by Gasteiger charge is 1.93. The van der Waals surface area contributed by atoms with E-state index in [0.29, 0.717) is 6.04 Å². The number of aryl methyl sites for hydroxylation is 1. The Morgan fingerprint density at radius 2 is 1.71 bits per heavy atom. The number of hydrogen-bond donors (Lipinski definition) is 0. The van der Waals surface area contributed by atoms with Gasteiger partial charge in [0.25, 0.3) is 0 Å². The lowest BCUT2D eigenvalue weighted by molar-refractivity contribution is 0.364. The maximum absolute atomic E-state index is 3.64. The van der Waals surface area contributed by atoms with Gasteiger partial charge < -0.3 is 4.90 Å². The number of nitrogens with zero attached hydrogens (tertiary/aromatic N) is 1. The summed E-state index contributed by atoms with van der Waals surface area (Å²) in [4.78, 5) is 2.10. The van der Waals surface area contributed by atoms with Crippen molar-refractivity contribution in [1.29, 1.82) is 0 Å². The predicted octanol–water partition coefficient (Wildman–Crippen LogP) is 3.12. The molecule has 1 rings (SSSR count). The van der Waals surface area contributed by atoms with Crippen LogP contribution in [0.3, 0.4) is 0 Å². The zero-order valence-electron chi connectivity index (χ0n) is 9.70. The Labute approximate surface area is 88.1 Å². The van der Waals surface area contributed by atoms with Crippen LogP contribution in [-0.4, -0.2) is 25.0 Å². The van der Waals surface area contributed by atoms with Gasteiger partial charge in [-0.3, -0.25) is 0 Å². The highest BCUT2D eigenvalue weighted by molar-refractivity contribution is 5.11. The van der Waals surface area contributed by atoms with Crippen molar-refractivity contribution in [2.45, 2.75) is 19.9 Å². The normalized spacial score (nSPS) is 11.5. The quantitative estimate of drug-likeness (QED) is 0.649. The molecule has 1 nitrogen and oxygen atoms in total. The van der Waals surface area contributed by atoms with Gasteiger partial charge in [0.2, 0.25) is 0 Å². The minimum Gasteiger partial charge on any atom is -0.303 e. The fraction of sp³-hybridized carbons (Fsp3) is 0.385. The Morgan fingerprint density at radius 3 is 1.86 bits per heavy atom. The third-order valence-corrected chi connectivity index (χ3v) is 2.10. The lowest BCUT2D eigenvalue weighted by Gasteiger charge is -2.13. The van der Waals surface area contributed by atoms with E-state index in [1.165, 1.54) is 5.56 Å². The van der Waals surface area contributed by atoms with E-state index in [1.807, 2.05) is 38.4 Å². The first-order valence-corrected chi connectivity index (χ1v) is 4.88. The minimum atomic E-state index is 0.500. The number of benzene rings is 1. The molecule has 78 valence electrons. The van der Waals surface area contributed by atoms with Gasteiger partial charge in [0.15, 0.2) is 0 Å². The second-order valence-corrected chi connectivity index (χ2v) is 3.59. The minimum absolute atomic E-state index is 0.500. The highest BCUT2D eigenvalue weighted by Crippen LogP contribution is 1.92. The van der Waals surface area contributed by atoms with Crippen molar-refractivity contribution < 1.29 is 0 Å². The average Bonchev–Trinajstić information content (AvgIpc) is 2.18. The van der Waals surface area contributed by atoms with Crippen LogP contribution in [0.4, 0.5) is 0 Å². The third-order valence-electron chi connectivity index (χ3n) is 2.10. The second kappa shape index (κ2) is 7.34. The van der Waals surface area contributed by atoms with E-state index >= 15 is 0 Å². The zero-order valence-corrected chi connectivity index (χ0v) is 9.70. The predicted molar refractivity (Wildman–Crippen MR) is 64.5 cm³/mol. The monoisotopic (exact) mass is 191 g/mol. The van der Waals surface area contributed by atoms with E-state index in [4.69, 9.17) is 0 Å². The molecule has 1 atom stereocenters. The van der Waals surface area contributed by atoms with Crippen LogP contribution >= 0.6 is 0 Å². The largest absolute Gasteiger partial charge is 0.303 e. The summed E-state index contributed by atoms with van der Waals surface area (Å²) in [5.41, 5.74) is 1.32. The summed E-state index contributed by atoms with van der Waals surface area (Å²) in [6.07, 6.45) is 1.92. The van der Waals surface area contributed by atoms with Gasteiger partial charge in [-0.05, 0) is 27.9 Å². The fourth-order valence-corrected chi connectivity index (χ4v) is 0.745. The van der Waals surface area contributed by atoms with Crippen molar-refractivity contribution in [2.24, 2.45) is 0 Å². The van der Waals surface area contributed by atoms with E-state index in [2.05, 4.69) is 37.5 Å². The molecule has 1 aromatic rings. The number of rotatable bonds is 2. The Kier molecular flexibility index (Phi) is 6.77. The lowest BCUT2D eigenvalue weighted by atomic mass is 10.2. The molecule has 0 fully saturated rings. The molecule has 1 aromatic carbocycles. The molecular formula is C13H21N. The van der Waals surface area contributed by atoms with Crippen LogP contribution in [0.25, 0.3) is 0 Å². The molecule has 0 saturated carbocycles. The van der Waals surface area contributed by atoms with E-state index < -0.39 is 0 Å². The molecule has 0 saturated heterocycles. The van der Waals surface area contributed by atoms with Crippen molar-refractivity contribution in [2.75, 3.05) is 14.1 Å². The van der Waals surface area contributed by atoms with Crippen molar-refractivity contribution in [3.63, 3.8) is 0 Å². The van der Waals surface area contributed by atoms with E-state index in [9.17, 15) is 0 Å². The molecule has 0 spiro atoms. The molecule has 0 aliphatic rings. The molecule has 0 bridgehead atoms. The first-order valence-electron chi connectivity index (χ1n) is 4.88. The van der Waals surface area contributed by atoms with Gasteiger partial charge in [0.05, 0.1) is 0 Å². The number of likely N-dealkylation sites (N-methyl/N-ethyl adjacent to an activating group) is 1. The number of hydrogen-bond acceptors (Lipinski definition) is 1. The highest BCUT2D eigenvalue weighted by atomic mass is 15.1. The van der Waals surface area contributed by atoms with Crippen molar-refractivity contribution in [1.82, 2.24) is 4.90 Å². The van der Waals surface area contributed by atoms with Gasteiger partial charge in [0, 0.05) is 6.04 Å². The average molecular weight is 191 g/mol. The van der Waals surface area contributed by atoms with Crippen LogP contribution in [0, 0.1) is 6.92 Å².